The zero-order valence-electron chi connectivity index (χ0n) is 25.8. The van der Waals surface area contributed by atoms with Gasteiger partial charge in [0.1, 0.15) is 5.69 Å². The maximum Gasteiger partial charge on any atom is 0.271 e. The number of amides is 1. The van der Waals surface area contributed by atoms with Gasteiger partial charge < -0.3 is 40.4 Å². The molecule has 5 heterocycles. The van der Waals surface area contributed by atoms with Gasteiger partial charge in [-0.1, -0.05) is 6.07 Å². The maximum absolute atomic E-state index is 12.7. The van der Waals surface area contributed by atoms with Crippen molar-refractivity contribution >= 4 is 28.9 Å². The monoisotopic (exact) mass is 614 g/mol. The quantitative estimate of drug-likeness (QED) is 0.345. The SMILES string of the molecule is CN1CCN(C2CCN(c3ccc(Nc4nc(NC5CCOCC5)c(-c5cccc6c5OCO6)nc4C(N)=O)cc3)CC2)CC1. The van der Waals surface area contributed by atoms with Gasteiger partial charge in [0, 0.05) is 75.9 Å². The number of hydrogen-bond donors (Lipinski definition) is 3. The molecule has 7 rings (SSSR count). The minimum absolute atomic E-state index is 0.0501. The van der Waals surface area contributed by atoms with E-state index in [0.29, 0.717) is 53.6 Å². The highest BCUT2D eigenvalue weighted by molar-refractivity contribution is 5.98. The summed E-state index contributed by atoms with van der Waals surface area (Å²) < 4.78 is 16.9. The molecule has 3 fully saturated rings. The highest BCUT2D eigenvalue weighted by atomic mass is 16.7. The van der Waals surface area contributed by atoms with Gasteiger partial charge in [-0.3, -0.25) is 9.69 Å². The van der Waals surface area contributed by atoms with E-state index in [2.05, 4.69) is 44.5 Å². The molecular weight excluding hydrogens is 572 g/mol. The molecule has 3 aromatic rings. The minimum Gasteiger partial charge on any atom is -0.454 e. The van der Waals surface area contributed by atoms with Crippen LogP contribution < -0.4 is 30.7 Å². The molecule has 4 N–H and O–H groups in total. The number of piperidine rings is 1. The average molecular weight is 615 g/mol. The van der Waals surface area contributed by atoms with Gasteiger partial charge in [0.05, 0.1) is 5.56 Å². The summed E-state index contributed by atoms with van der Waals surface area (Å²) in [4.78, 5) is 30.0. The van der Waals surface area contributed by atoms with Crippen molar-refractivity contribution in [1.82, 2.24) is 19.8 Å². The largest absolute Gasteiger partial charge is 0.454 e. The van der Waals surface area contributed by atoms with Crippen LogP contribution in [-0.2, 0) is 4.74 Å². The van der Waals surface area contributed by atoms with Crippen molar-refractivity contribution < 1.29 is 19.0 Å². The number of carbonyl (C=O) groups is 1. The third kappa shape index (κ3) is 6.49. The topological polar surface area (TPSA) is 130 Å². The molecule has 45 heavy (non-hydrogen) atoms. The summed E-state index contributed by atoms with van der Waals surface area (Å²) in [7, 11) is 2.21. The third-order valence-electron chi connectivity index (χ3n) is 9.36. The Hall–Kier alpha value is -4.13. The summed E-state index contributed by atoms with van der Waals surface area (Å²) in [6.45, 7) is 8.19. The van der Waals surface area contributed by atoms with Crippen LogP contribution >= 0.6 is 0 Å². The predicted molar refractivity (Wildman–Crippen MR) is 174 cm³/mol. The number of primary amides is 1. The number of nitrogens with zero attached hydrogens (tertiary/aromatic N) is 5. The molecule has 0 saturated carbocycles. The minimum atomic E-state index is -0.673. The first-order valence-corrected chi connectivity index (χ1v) is 16.0. The Balaban J connectivity index is 1.11. The fraction of sp³-hybridized carbons (Fsp3) is 0.485. The molecule has 4 aliphatic rings. The van der Waals surface area contributed by atoms with Crippen LogP contribution in [0.1, 0.15) is 36.2 Å². The van der Waals surface area contributed by atoms with Gasteiger partial charge in [-0.15, -0.1) is 0 Å². The van der Waals surface area contributed by atoms with E-state index in [1.165, 1.54) is 31.6 Å². The first kappa shape index (κ1) is 29.6. The lowest BCUT2D eigenvalue weighted by Gasteiger charge is -2.42. The predicted octanol–water partition coefficient (Wildman–Crippen LogP) is 3.52. The number of likely N-dealkylation sites (N-methyl/N-ethyl adjacent to an activating group) is 1. The number of nitrogens with two attached hydrogens (primary N) is 1. The van der Waals surface area contributed by atoms with E-state index in [0.717, 1.165) is 44.7 Å². The summed E-state index contributed by atoms with van der Waals surface area (Å²) in [5, 5.41) is 6.88. The Morgan fingerprint density at radius 1 is 0.889 bits per heavy atom. The standard InChI is InChI=1S/C33H42N8O4/c1-39-15-17-41(18-16-39)25-9-13-40(14-10-25)24-7-5-22(6-8-24)35-33-29(31(34)42)37-28(26-3-2-4-27-30(26)45-21-44-27)32(38-33)36-23-11-19-43-20-12-23/h2-8,23,25H,9-21H2,1H3,(H2,34,42)(H2,35,36,38). The first-order chi connectivity index (χ1) is 22.0. The Labute approximate surface area is 263 Å². The third-order valence-corrected chi connectivity index (χ3v) is 9.36. The number of fused-ring (bicyclic) bond motifs is 1. The second-order valence-corrected chi connectivity index (χ2v) is 12.3. The number of benzene rings is 2. The van der Waals surface area contributed by atoms with Crippen LogP contribution in [0.2, 0.25) is 0 Å². The van der Waals surface area contributed by atoms with Gasteiger partial charge >= 0.3 is 0 Å². The van der Waals surface area contributed by atoms with Gasteiger partial charge in [-0.25, -0.2) is 9.97 Å². The molecule has 0 atom stereocenters. The van der Waals surface area contributed by atoms with Crippen molar-refractivity contribution in [2.45, 2.75) is 37.8 Å². The highest BCUT2D eigenvalue weighted by Crippen LogP contribution is 2.43. The zero-order valence-corrected chi connectivity index (χ0v) is 25.8. The van der Waals surface area contributed by atoms with Crippen LogP contribution in [0.3, 0.4) is 0 Å². The van der Waals surface area contributed by atoms with Crippen LogP contribution in [0, 0.1) is 0 Å². The van der Waals surface area contributed by atoms with Gasteiger partial charge in [-0.2, -0.15) is 0 Å². The number of hydrogen-bond acceptors (Lipinski definition) is 11. The molecular formula is C33H42N8O4. The molecule has 0 spiro atoms. The molecule has 4 aliphatic heterocycles. The number of carbonyl (C=O) groups excluding carboxylic acids is 1. The zero-order chi connectivity index (χ0) is 30.8. The van der Waals surface area contributed by atoms with Crippen molar-refractivity contribution in [2.75, 3.05) is 81.9 Å². The molecule has 3 saturated heterocycles. The second-order valence-electron chi connectivity index (χ2n) is 12.3. The smallest absolute Gasteiger partial charge is 0.271 e. The van der Waals surface area contributed by atoms with E-state index in [1.807, 2.05) is 30.3 Å². The lowest BCUT2D eigenvalue weighted by Crippen LogP contribution is -2.52. The van der Waals surface area contributed by atoms with E-state index in [-0.39, 0.29) is 18.5 Å². The van der Waals surface area contributed by atoms with Crippen LogP contribution in [0.15, 0.2) is 42.5 Å². The summed E-state index contributed by atoms with van der Waals surface area (Å²) in [6.07, 6.45) is 4.03. The molecule has 2 aromatic carbocycles. The Morgan fingerprint density at radius 2 is 1.64 bits per heavy atom. The van der Waals surface area contributed by atoms with E-state index in [1.54, 1.807) is 0 Å². The van der Waals surface area contributed by atoms with Crippen molar-refractivity contribution in [3.05, 3.63) is 48.2 Å². The summed E-state index contributed by atoms with van der Waals surface area (Å²) in [5.41, 5.74) is 9.07. The number of nitrogens with one attached hydrogen (secondary N) is 2. The molecule has 0 radical (unpaired) electrons. The Bertz CT molecular complexity index is 1500. The highest BCUT2D eigenvalue weighted by Gasteiger charge is 2.28. The van der Waals surface area contributed by atoms with Crippen LogP contribution in [0.25, 0.3) is 11.3 Å². The lowest BCUT2D eigenvalue weighted by molar-refractivity contribution is 0.0904. The van der Waals surface area contributed by atoms with E-state index < -0.39 is 5.91 Å². The molecule has 0 unspecified atom stereocenters. The van der Waals surface area contributed by atoms with Crippen molar-refractivity contribution in [2.24, 2.45) is 5.73 Å². The molecule has 0 aliphatic carbocycles. The van der Waals surface area contributed by atoms with Gasteiger partial charge in [0.15, 0.2) is 28.8 Å². The van der Waals surface area contributed by atoms with Crippen molar-refractivity contribution in [3.8, 4) is 22.8 Å². The molecule has 12 heteroatoms. The van der Waals surface area contributed by atoms with Crippen molar-refractivity contribution in [1.29, 1.82) is 0 Å². The molecule has 0 bridgehead atoms. The fourth-order valence-corrected chi connectivity index (χ4v) is 6.70. The second kappa shape index (κ2) is 13.1. The molecule has 1 amide bonds. The normalized spacial score (nSPS) is 19.9. The number of piperazine rings is 1. The first-order valence-electron chi connectivity index (χ1n) is 16.0. The van der Waals surface area contributed by atoms with E-state index in [9.17, 15) is 4.79 Å². The summed E-state index contributed by atoms with van der Waals surface area (Å²) in [6, 6.07) is 14.7. The van der Waals surface area contributed by atoms with E-state index in [4.69, 9.17) is 29.9 Å². The summed E-state index contributed by atoms with van der Waals surface area (Å²) in [5.74, 6) is 1.36. The number of rotatable bonds is 8. The van der Waals surface area contributed by atoms with E-state index >= 15 is 0 Å². The number of anilines is 4. The average Bonchev–Trinajstić information content (AvgIpc) is 3.56. The molecule has 238 valence electrons. The maximum atomic E-state index is 12.7. The van der Waals surface area contributed by atoms with Crippen LogP contribution in [0.5, 0.6) is 11.5 Å². The molecule has 12 nitrogen and oxygen atoms in total. The van der Waals surface area contributed by atoms with Gasteiger partial charge in [-0.05, 0) is 69.1 Å². The number of para-hydroxylation sites is 1. The lowest BCUT2D eigenvalue weighted by atomic mass is 10.0. The molecule has 1 aromatic heterocycles. The van der Waals surface area contributed by atoms with Gasteiger partial charge in [0.25, 0.3) is 5.91 Å². The van der Waals surface area contributed by atoms with Crippen LogP contribution in [0.4, 0.5) is 23.0 Å². The fourth-order valence-electron chi connectivity index (χ4n) is 6.70. The Morgan fingerprint density at radius 3 is 2.38 bits per heavy atom. The summed E-state index contributed by atoms with van der Waals surface area (Å²) >= 11 is 0. The van der Waals surface area contributed by atoms with Crippen LogP contribution in [-0.4, -0.2) is 104 Å². The number of aromatic nitrogens is 2. The number of ether oxygens (including phenoxy) is 3. The van der Waals surface area contributed by atoms with Gasteiger partial charge in [0.2, 0.25) is 6.79 Å². The van der Waals surface area contributed by atoms with Crippen molar-refractivity contribution in [3.63, 3.8) is 0 Å². The Kier molecular flexibility index (Phi) is 8.59.